The van der Waals surface area contributed by atoms with E-state index >= 15 is 0 Å². The molecule has 0 saturated carbocycles. The average molecular weight is 262 g/mol. The summed E-state index contributed by atoms with van der Waals surface area (Å²) in [6.45, 7) is 1.53. The van der Waals surface area contributed by atoms with Crippen molar-refractivity contribution in [2.45, 2.75) is 13.3 Å². The van der Waals surface area contributed by atoms with Crippen molar-refractivity contribution in [1.29, 1.82) is 0 Å². The van der Waals surface area contributed by atoms with Crippen molar-refractivity contribution in [3.05, 3.63) is 51.7 Å². The minimum absolute atomic E-state index is 0.0765. The van der Waals surface area contributed by atoms with Gasteiger partial charge in [-0.25, -0.2) is 9.37 Å². The Kier molecular flexibility index (Phi) is 3.41. The van der Waals surface area contributed by atoms with Crippen molar-refractivity contribution >= 4 is 5.97 Å². The van der Waals surface area contributed by atoms with Gasteiger partial charge in [-0.2, -0.15) is 0 Å². The third-order valence-corrected chi connectivity index (χ3v) is 2.68. The summed E-state index contributed by atoms with van der Waals surface area (Å²) in [6.07, 6.45) is -0.411. The van der Waals surface area contributed by atoms with Gasteiger partial charge in [0.25, 0.3) is 5.56 Å². The quantitative estimate of drug-likeness (QED) is 0.878. The predicted molar refractivity (Wildman–Crippen MR) is 66.3 cm³/mol. The number of aromatic nitrogens is 2. The number of halogens is 1. The lowest BCUT2D eigenvalue weighted by molar-refractivity contribution is -0.136. The zero-order chi connectivity index (χ0) is 14.0. The molecule has 0 aliphatic rings. The van der Waals surface area contributed by atoms with E-state index in [4.69, 9.17) is 5.11 Å². The third kappa shape index (κ3) is 2.67. The van der Waals surface area contributed by atoms with Crippen molar-refractivity contribution in [3.63, 3.8) is 0 Å². The standard InChI is InChI=1S/C13H11FN2O3/c1-7-9(6-11(17)18)13(19)16-12(15-7)8-4-2-3-5-10(8)14/h2-5H,6H2,1H3,(H,17,18)(H,15,16,19). The first-order chi connectivity index (χ1) is 8.99. The highest BCUT2D eigenvalue weighted by Crippen LogP contribution is 2.18. The van der Waals surface area contributed by atoms with Crippen molar-refractivity contribution in [2.75, 3.05) is 0 Å². The normalized spacial score (nSPS) is 10.4. The fourth-order valence-corrected chi connectivity index (χ4v) is 1.75. The lowest BCUT2D eigenvalue weighted by atomic mass is 10.1. The molecule has 98 valence electrons. The van der Waals surface area contributed by atoms with Crippen LogP contribution in [-0.2, 0) is 11.2 Å². The van der Waals surface area contributed by atoms with Crippen LogP contribution in [0.2, 0.25) is 0 Å². The number of carbonyl (C=O) groups is 1. The smallest absolute Gasteiger partial charge is 0.308 e. The molecular formula is C13H11FN2O3. The van der Waals surface area contributed by atoms with E-state index in [2.05, 4.69) is 9.97 Å². The molecule has 0 bridgehead atoms. The Morgan fingerprint density at radius 1 is 1.42 bits per heavy atom. The van der Waals surface area contributed by atoms with Gasteiger partial charge in [0.2, 0.25) is 0 Å². The Labute approximate surface area is 107 Å². The minimum Gasteiger partial charge on any atom is -0.481 e. The van der Waals surface area contributed by atoms with E-state index in [-0.39, 0.29) is 22.6 Å². The van der Waals surface area contributed by atoms with E-state index in [1.807, 2.05) is 0 Å². The van der Waals surface area contributed by atoms with Gasteiger partial charge < -0.3 is 10.1 Å². The van der Waals surface area contributed by atoms with Crippen LogP contribution in [0.3, 0.4) is 0 Å². The number of aryl methyl sites for hydroxylation is 1. The van der Waals surface area contributed by atoms with Gasteiger partial charge in [0.1, 0.15) is 11.6 Å². The number of rotatable bonds is 3. The molecule has 0 aliphatic heterocycles. The molecule has 0 amide bonds. The molecule has 19 heavy (non-hydrogen) atoms. The number of carboxylic acid groups (broad SMARTS) is 1. The molecule has 1 aromatic carbocycles. The maximum Gasteiger partial charge on any atom is 0.308 e. The molecule has 0 aliphatic carbocycles. The summed E-state index contributed by atoms with van der Waals surface area (Å²) in [6, 6.07) is 5.90. The predicted octanol–water partition coefficient (Wildman–Crippen LogP) is 1.51. The number of benzene rings is 1. The van der Waals surface area contributed by atoms with Crippen molar-refractivity contribution in [3.8, 4) is 11.4 Å². The van der Waals surface area contributed by atoms with E-state index in [0.717, 1.165) is 0 Å². The fourth-order valence-electron chi connectivity index (χ4n) is 1.75. The Morgan fingerprint density at radius 2 is 2.11 bits per heavy atom. The van der Waals surface area contributed by atoms with Crippen LogP contribution < -0.4 is 5.56 Å². The van der Waals surface area contributed by atoms with Crippen LogP contribution in [0.5, 0.6) is 0 Å². The molecule has 1 heterocycles. The fraction of sp³-hybridized carbons (Fsp3) is 0.154. The summed E-state index contributed by atoms with van der Waals surface area (Å²) in [4.78, 5) is 28.9. The number of aliphatic carboxylic acids is 1. The van der Waals surface area contributed by atoms with E-state index in [1.165, 1.54) is 25.1 Å². The SMILES string of the molecule is Cc1nc(-c2ccccc2F)[nH]c(=O)c1CC(=O)O. The van der Waals surface area contributed by atoms with Crippen LogP contribution >= 0.6 is 0 Å². The molecule has 1 aromatic heterocycles. The number of H-pyrrole nitrogens is 1. The van der Waals surface area contributed by atoms with Gasteiger partial charge >= 0.3 is 5.97 Å². The zero-order valence-electron chi connectivity index (χ0n) is 10.1. The van der Waals surface area contributed by atoms with Gasteiger partial charge in [-0.3, -0.25) is 9.59 Å². The van der Waals surface area contributed by atoms with Gasteiger partial charge in [0.05, 0.1) is 12.0 Å². The number of nitrogens with one attached hydrogen (secondary N) is 1. The first kappa shape index (κ1) is 12.9. The number of hydrogen-bond acceptors (Lipinski definition) is 3. The summed E-state index contributed by atoms with van der Waals surface area (Å²) in [5.41, 5.74) is -0.0327. The van der Waals surface area contributed by atoms with E-state index < -0.39 is 23.8 Å². The Balaban J connectivity index is 2.55. The van der Waals surface area contributed by atoms with Crippen LogP contribution in [0, 0.1) is 12.7 Å². The first-order valence-electron chi connectivity index (χ1n) is 5.55. The summed E-state index contributed by atoms with van der Waals surface area (Å²) in [7, 11) is 0. The number of carboxylic acids is 1. The molecule has 0 atom stereocenters. The minimum atomic E-state index is -1.12. The first-order valence-corrected chi connectivity index (χ1v) is 5.55. The lowest BCUT2D eigenvalue weighted by Gasteiger charge is -2.06. The lowest BCUT2D eigenvalue weighted by Crippen LogP contribution is -2.20. The molecule has 6 heteroatoms. The summed E-state index contributed by atoms with van der Waals surface area (Å²) < 4.78 is 13.6. The van der Waals surface area contributed by atoms with E-state index in [9.17, 15) is 14.0 Å². The highest BCUT2D eigenvalue weighted by Gasteiger charge is 2.14. The summed E-state index contributed by atoms with van der Waals surface area (Å²) in [5, 5.41) is 8.71. The molecule has 0 spiro atoms. The molecular weight excluding hydrogens is 251 g/mol. The molecule has 5 nitrogen and oxygen atoms in total. The van der Waals surface area contributed by atoms with Gasteiger partial charge in [-0.1, -0.05) is 12.1 Å². The van der Waals surface area contributed by atoms with Gasteiger partial charge in [-0.05, 0) is 19.1 Å². The van der Waals surface area contributed by atoms with Crippen molar-refractivity contribution in [2.24, 2.45) is 0 Å². The number of aromatic amines is 1. The average Bonchev–Trinajstić information content (AvgIpc) is 2.34. The second-order valence-corrected chi connectivity index (χ2v) is 4.03. The second-order valence-electron chi connectivity index (χ2n) is 4.03. The van der Waals surface area contributed by atoms with Gasteiger partial charge in [0, 0.05) is 11.3 Å². The second kappa shape index (κ2) is 5.01. The monoisotopic (exact) mass is 262 g/mol. The van der Waals surface area contributed by atoms with Gasteiger partial charge in [0.15, 0.2) is 0 Å². The molecule has 2 rings (SSSR count). The van der Waals surface area contributed by atoms with E-state index in [0.29, 0.717) is 0 Å². The molecule has 2 aromatic rings. The maximum atomic E-state index is 13.6. The highest BCUT2D eigenvalue weighted by molar-refractivity contribution is 5.70. The van der Waals surface area contributed by atoms with Gasteiger partial charge in [-0.15, -0.1) is 0 Å². The molecule has 0 fully saturated rings. The zero-order valence-corrected chi connectivity index (χ0v) is 10.1. The van der Waals surface area contributed by atoms with Crippen LogP contribution in [0.1, 0.15) is 11.3 Å². The highest BCUT2D eigenvalue weighted by atomic mass is 19.1. The summed E-state index contributed by atoms with van der Waals surface area (Å²) in [5.74, 6) is -1.53. The van der Waals surface area contributed by atoms with E-state index in [1.54, 1.807) is 6.07 Å². The van der Waals surface area contributed by atoms with Crippen molar-refractivity contribution in [1.82, 2.24) is 9.97 Å². The number of hydrogen-bond donors (Lipinski definition) is 2. The Hall–Kier alpha value is -2.50. The third-order valence-electron chi connectivity index (χ3n) is 2.68. The van der Waals surface area contributed by atoms with Crippen LogP contribution in [0.15, 0.2) is 29.1 Å². The Bertz CT molecular complexity index is 695. The molecule has 0 saturated heterocycles. The topological polar surface area (TPSA) is 83.0 Å². The Morgan fingerprint density at radius 3 is 2.68 bits per heavy atom. The van der Waals surface area contributed by atoms with Crippen LogP contribution in [0.25, 0.3) is 11.4 Å². The van der Waals surface area contributed by atoms with Crippen LogP contribution in [-0.4, -0.2) is 21.0 Å². The molecule has 2 N–H and O–H groups in total. The summed E-state index contributed by atoms with van der Waals surface area (Å²) >= 11 is 0. The largest absolute Gasteiger partial charge is 0.481 e. The number of nitrogens with zero attached hydrogens (tertiary/aromatic N) is 1. The van der Waals surface area contributed by atoms with Crippen LogP contribution in [0.4, 0.5) is 4.39 Å². The molecule has 0 radical (unpaired) electrons. The molecule has 0 unspecified atom stereocenters. The maximum absolute atomic E-state index is 13.6. The van der Waals surface area contributed by atoms with Crippen molar-refractivity contribution < 1.29 is 14.3 Å².